The summed E-state index contributed by atoms with van der Waals surface area (Å²) in [5.74, 6) is 3.53. The summed E-state index contributed by atoms with van der Waals surface area (Å²) >= 11 is 17.5. The fourth-order valence-electron chi connectivity index (χ4n) is 6.60. The molecular formula is C31H34Cl3N3O5S. The van der Waals surface area contributed by atoms with Crippen molar-refractivity contribution in [2.45, 2.75) is 82.3 Å². The van der Waals surface area contributed by atoms with Crippen LogP contribution < -0.4 is 14.8 Å². The first-order valence-corrected chi connectivity index (χ1v) is 17.1. The van der Waals surface area contributed by atoms with E-state index in [0.29, 0.717) is 50.7 Å². The first-order chi connectivity index (χ1) is 20.8. The van der Waals surface area contributed by atoms with E-state index in [9.17, 15) is 9.00 Å². The minimum Gasteiger partial charge on any atom is -0.489 e. The molecule has 6 rings (SSSR count). The fourth-order valence-corrected chi connectivity index (χ4v) is 7.71. The molecule has 3 aliphatic carbocycles. The fraction of sp³-hybridized carbons (Fsp3) is 0.484. The van der Waals surface area contributed by atoms with Crippen molar-refractivity contribution >= 4 is 52.1 Å². The second kappa shape index (κ2) is 13.4. The maximum Gasteiger partial charge on any atom is 0.328 e. The summed E-state index contributed by atoms with van der Waals surface area (Å²) in [7, 11) is 0. The van der Waals surface area contributed by atoms with Crippen LogP contribution in [0.3, 0.4) is 0 Å². The van der Waals surface area contributed by atoms with Crippen molar-refractivity contribution in [2.75, 3.05) is 0 Å². The summed E-state index contributed by atoms with van der Waals surface area (Å²) < 4.78 is 33.6. The Bertz CT molecular complexity index is 1480. The zero-order chi connectivity index (χ0) is 30.1. The lowest BCUT2D eigenvalue weighted by molar-refractivity contribution is 0.236. The van der Waals surface area contributed by atoms with Gasteiger partial charge < -0.3 is 14.6 Å². The number of ether oxygens (including phenoxy) is 1. The minimum absolute atomic E-state index is 0.0254. The molecule has 3 unspecified atom stereocenters. The smallest absolute Gasteiger partial charge is 0.328 e. The van der Waals surface area contributed by atoms with Crippen molar-refractivity contribution in [3.05, 3.63) is 68.4 Å². The number of nitrogens with zero attached hydrogens (tertiary/aromatic N) is 1. The monoisotopic (exact) mass is 665 g/mol. The van der Waals surface area contributed by atoms with E-state index in [1.165, 1.54) is 5.56 Å². The Morgan fingerprint density at radius 1 is 1.02 bits per heavy atom. The van der Waals surface area contributed by atoms with Crippen molar-refractivity contribution in [3.63, 3.8) is 0 Å². The number of aromatic nitrogens is 1. The van der Waals surface area contributed by atoms with Gasteiger partial charge in [0.15, 0.2) is 0 Å². The van der Waals surface area contributed by atoms with Crippen LogP contribution in [0.4, 0.5) is 4.79 Å². The SMILES string of the molecule is O=C(NC1CCCC(C2CC2c2ccc(OCc3c(-c4c(Cl)cccc4Cl)noc3C3CC3)cc2Cl)CCC1)NS(=O)O. The highest BCUT2D eigenvalue weighted by molar-refractivity contribution is 7.77. The molecule has 12 heteroatoms. The van der Waals surface area contributed by atoms with Crippen LogP contribution in [0, 0.1) is 11.8 Å². The van der Waals surface area contributed by atoms with Gasteiger partial charge in [0.2, 0.25) is 0 Å². The number of nitrogens with one attached hydrogen (secondary N) is 2. The molecule has 3 aromatic rings. The molecule has 43 heavy (non-hydrogen) atoms. The van der Waals surface area contributed by atoms with Crippen molar-refractivity contribution < 1.29 is 22.8 Å². The third kappa shape index (κ3) is 7.34. The van der Waals surface area contributed by atoms with Crippen LogP contribution in [0.5, 0.6) is 5.75 Å². The summed E-state index contributed by atoms with van der Waals surface area (Å²) in [6, 6.07) is 10.8. The standard InChI is InChI=1S/C31H34Cl3N3O5S/c32-25-8-3-9-26(33)28(25)29-24(30(42-36-29)18-10-11-18)16-41-20-12-13-21(27(34)14-20)23-15-22(23)17-4-1-6-19(7-2-5-17)35-31(38)37-43(39)40/h3,8-9,12-14,17-19,22-23H,1-2,4-7,10-11,15-16H2,(H,39,40)(H2,35,37,38). The van der Waals surface area contributed by atoms with Crippen molar-refractivity contribution in [2.24, 2.45) is 11.8 Å². The lowest BCUT2D eigenvalue weighted by atomic mass is 9.85. The summed E-state index contributed by atoms with van der Waals surface area (Å²) in [5.41, 5.74) is 3.30. The van der Waals surface area contributed by atoms with E-state index in [2.05, 4.69) is 16.5 Å². The van der Waals surface area contributed by atoms with E-state index in [-0.39, 0.29) is 12.6 Å². The molecule has 0 spiro atoms. The Kier molecular flexibility index (Phi) is 9.55. The van der Waals surface area contributed by atoms with Gasteiger partial charge in [-0.05, 0) is 79.7 Å². The molecule has 1 aromatic heterocycles. The van der Waals surface area contributed by atoms with E-state index in [1.807, 2.05) is 16.9 Å². The predicted molar refractivity (Wildman–Crippen MR) is 168 cm³/mol. The van der Waals surface area contributed by atoms with Crippen molar-refractivity contribution in [1.29, 1.82) is 0 Å². The molecule has 8 nitrogen and oxygen atoms in total. The van der Waals surface area contributed by atoms with Crippen LogP contribution in [0.1, 0.15) is 86.5 Å². The quantitative estimate of drug-likeness (QED) is 0.197. The zero-order valence-corrected chi connectivity index (χ0v) is 26.6. The Balaban J connectivity index is 1.06. The topological polar surface area (TPSA) is 114 Å². The molecule has 0 bridgehead atoms. The van der Waals surface area contributed by atoms with Crippen molar-refractivity contribution in [1.82, 2.24) is 15.2 Å². The normalized spacial score (nSPS) is 24.5. The predicted octanol–water partition coefficient (Wildman–Crippen LogP) is 8.64. The van der Waals surface area contributed by atoms with Crippen LogP contribution >= 0.6 is 34.8 Å². The number of hydrogen-bond donors (Lipinski definition) is 3. The lowest BCUT2D eigenvalue weighted by Crippen LogP contribution is -2.43. The first-order valence-electron chi connectivity index (χ1n) is 14.8. The Labute approximate surface area is 268 Å². The van der Waals surface area contributed by atoms with Gasteiger partial charge in [0.05, 0.1) is 15.6 Å². The molecule has 1 heterocycles. The maximum absolute atomic E-state index is 11.8. The van der Waals surface area contributed by atoms with Crippen LogP contribution in [0.15, 0.2) is 40.9 Å². The average molecular weight is 667 g/mol. The van der Waals surface area contributed by atoms with Gasteiger partial charge in [0.1, 0.15) is 23.8 Å². The summed E-state index contributed by atoms with van der Waals surface area (Å²) in [6.45, 7) is 0.269. The summed E-state index contributed by atoms with van der Waals surface area (Å²) in [6.07, 6.45) is 9.20. The number of benzene rings is 2. The molecule has 2 aromatic carbocycles. The molecule has 0 aliphatic heterocycles. The second-order valence-electron chi connectivity index (χ2n) is 11.9. The van der Waals surface area contributed by atoms with Gasteiger partial charge in [0.25, 0.3) is 11.3 Å². The van der Waals surface area contributed by atoms with Gasteiger partial charge in [0, 0.05) is 22.5 Å². The van der Waals surface area contributed by atoms with E-state index < -0.39 is 17.3 Å². The minimum atomic E-state index is -2.35. The lowest BCUT2D eigenvalue weighted by Gasteiger charge is -2.25. The maximum atomic E-state index is 11.8. The van der Waals surface area contributed by atoms with Gasteiger partial charge in [-0.25, -0.2) is 13.7 Å². The average Bonchev–Trinajstić information content (AvgIpc) is 3.87. The molecule has 0 radical (unpaired) electrons. The third-order valence-corrected chi connectivity index (χ3v) is 10.3. The number of urea groups is 1. The molecular weight excluding hydrogens is 633 g/mol. The molecule has 3 aliphatic rings. The second-order valence-corrected chi connectivity index (χ2v) is 13.8. The van der Waals surface area contributed by atoms with Gasteiger partial charge >= 0.3 is 6.03 Å². The van der Waals surface area contributed by atoms with E-state index in [4.69, 9.17) is 48.6 Å². The van der Waals surface area contributed by atoms with Crippen LogP contribution in [0.2, 0.25) is 15.1 Å². The molecule has 3 atom stereocenters. The number of amides is 2. The van der Waals surface area contributed by atoms with E-state index >= 15 is 0 Å². The molecule has 0 saturated heterocycles. The number of hydrogen-bond acceptors (Lipinski definition) is 5. The number of carbonyl (C=O) groups is 1. The molecule has 3 saturated carbocycles. The van der Waals surface area contributed by atoms with E-state index in [1.54, 1.807) is 18.2 Å². The molecule has 230 valence electrons. The third-order valence-electron chi connectivity index (χ3n) is 8.94. The molecule has 3 N–H and O–H groups in total. The number of halogens is 3. The Hall–Kier alpha value is -2.30. The van der Waals surface area contributed by atoms with Crippen LogP contribution in [-0.4, -0.2) is 26.0 Å². The van der Waals surface area contributed by atoms with Crippen molar-refractivity contribution in [3.8, 4) is 17.0 Å². The van der Waals surface area contributed by atoms with Crippen LogP contribution in [0.25, 0.3) is 11.3 Å². The number of carbonyl (C=O) groups excluding carboxylic acids is 1. The zero-order valence-electron chi connectivity index (χ0n) is 23.5. The van der Waals surface area contributed by atoms with Gasteiger partial charge in [-0.2, -0.15) is 0 Å². The Morgan fingerprint density at radius 2 is 1.74 bits per heavy atom. The highest BCUT2D eigenvalue weighted by Crippen LogP contribution is 2.56. The van der Waals surface area contributed by atoms with Crippen LogP contribution in [-0.2, 0) is 17.9 Å². The first kappa shape index (κ1) is 30.7. The summed E-state index contributed by atoms with van der Waals surface area (Å²) in [5, 5.41) is 8.91. The molecule has 2 amide bonds. The number of rotatable bonds is 9. The van der Waals surface area contributed by atoms with Gasteiger partial charge in [-0.15, -0.1) is 0 Å². The van der Waals surface area contributed by atoms with E-state index in [0.717, 1.165) is 74.1 Å². The highest BCUT2D eigenvalue weighted by Gasteiger charge is 2.44. The Morgan fingerprint density at radius 3 is 2.40 bits per heavy atom. The van der Waals surface area contributed by atoms with Gasteiger partial charge in [-0.1, -0.05) is 77.8 Å². The highest BCUT2D eigenvalue weighted by atomic mass is 35.5. The summed E-state index contributed by atoms with van der Waals surface area (Å²) in [4.78, 5) is 11.8. The van der Waals surface area contributed by atoms with Gasteiger partial charge in [-0.3, -0.25) is 4.55 Å². The molecule has 3 fully saturated rings. The largest absolute Gasteiger partial charge is 0.489 e.